The van der Waals surface area contributed by atoms with Crippen molar-refractivity contribution in [2.45, 2.75) is 103 Å². The molecule has 443 valence electrons. The first-order valence-corrected chi connectivity index (χ1v) is 30.7. The molecule has 8 aromatic carbocycles. The van der Waals surface area contributed by atoms with Crippen molar-refractivity contribution in [3.05, 3.63) is 203 Å². The minimum Gasteiger partial charge on any atom is -0.338 e. The van der Waals surface area contributed by atoms with E-state index in [0.717, 1.165) is 121 Å². The maximum atomic E-state index is 13.9. The first-order valence-electron chi connectivity index (χ1n) is 30.7. The van der Waals surface area contributed by atoms with Gasteiger partial charge in [-0.3, -0.25) is 9.59 Å². The second-order valence-electron chi connectivity index (χ2n) is 25.6. The van der Waals surface area contributed by atoms with Crippen LogP contribution >= 0.6 is 0 Å². The zero-order valence-corrected chi connectivity index (χ0v) is 58.0. The zero-order chi connectivity index (χ0) is 60.7. The number of hydrogen-bond acceptors (Lipinski definition) is 6. The van der Waals surface area contributed by atoms with Crippen molar-refractivity contribution < 1.29 is 94.1 Å². The smallest absolute Gasteiger partial charge is 0.253 e. The van der Waals surface area contributed by atoms with E-state index in [1.165, 1.54) is 0 Å². The molecule has 17 heteroatoms. The molecule has 0 unspecified atom stereocenters. The molecule has 2 fully saturated rings. The fourth-order valence-corrected chi connectivity index (χ4v) is 17.3. The summed E-state index contributed by atoms with van der Waals surface area (Å²) in [5, 5.41) is 8.75. The van der Waals surface area contributed by atoms with Gasteiger partial charge in [0.05, 0.1) is 22.1 Å². The van der Waals surface area contributed by atoms with Crippen LogP contribution in [-0.2, 0) is 86.3 Å². The molecule has 4 aliphatic heterocycles. The van der Waals surface area contributed by atoms with Gasteiger partial charge >= 0.3 is 0 Å². The number of amides is 2. The van der Waals surface area contributed by atoms with Gasteiger partial charge in [0, 0.05) is 173 Å². The van der Waals surface area contributed by atoms with Crippen molar-refractivity contribution in [3.63, 3.8) is 0 Å². The standard InChI is InChI=1S/2C37H32N3O3.B2.B.2Y/c2*1-20-18-28(41)33-30(20)31-24-15-9-11-17-26(24)40-35(31)34-32(33)23-14-8-10-16-25(23)39(34)29-19-27(21(2)37(40,3)43-29)38(4)36(42)22-12-6-5-7-13-22;1-2;;;/h2*5-17,21,27,29H,18-19H2,1-4H3;;;;/q2*-1;;;;/t2*21-,27-,29-,37+;;;;/m11..../s1. The number of Topliss-reactive ketones (excluding diaryl/α,β-unsaturated/α-hetero) is 2. The van der Waals surface area contributed by atoms with Crippen LogP contribution in [0.4, 0.5) is 0 Å². The van der Waals surface area contributed by atoms with E-state index in [0.29, 0.717) is 36.8 Å². The van der Waals surface area contributed by atoms with Gasteiger partial charge in [-0.15, -0.1) is 0 Å². The molecule has 9 radical (unpaired) electrons. The van der Waals surface area contributed by atoms with E-state index in [-0.39, 0.29) is 134 Å². The number of carbonyl (C=O) groups is 4. The first-order chi connectivity index (χ1) is 42.6. The van der Waals surface area contributed by atoms with Crippen LogP contribution in [0.15, 0.2) is 158 Å². The third-order valence-electron chi connectivity index (χ3n) is 21.4. The summed E-state index contributed by atoms with van der Waals surface area (Å²) in [6.07, 6.45) is 1.51. The largest absolute Gasteiger partial charge is 0.338 e. The Bertz CT molecular complexity index is 4730. The fourth-order valence-electron chi connectivity index (χ4n) is 17.3. The summed E-state index contributed by atoms with van der Waals surface area (Å²) >= 11 is 0. The Kier molecular flexibility index (Phi) is 15.8. The molecule has 2 saturated heterocycles. The fraction of sp³-hybridized carbons (Fsp3) is 0.270. The molecular weight excluding hydrogens is 1280 g/mol. The van der Waals surface area contributed by atoms with Gasteiger partial charge in [-0.2, -0.15) is 23.0 Å². The summed E-state index contributed by atoms with van der Waals surface area (Å²) in [6.45, 7) is 13.1. The summed E-state index contributed by atoms with van der Waals surface area (Å²) in [7, 11) is 11.9. The van der Waals surface area contributed by atoms with Crippen molar-refractivity contribution in [3.8, 4) is 0 Å². The van der Waals surface area contributed by atoms with Crippen molar-refractivity contribution in [2.24, 2.45) is 11.8 Å². The third-order valence-corrected chi connectivity index (χ3v) is 21.4. The Labute approximate surface area is 583 Å². The molecule has 8 heterocycles. The number of para-hydroxylation sites is 4. The van der Waals surface area contributed by atoms with Gasteiger partial charge in [-0.1, -0.05) is 159 Å². The third kappa shape index (κ3) is 8.45. The molecule has 0 spiro atoms. The second-order valence-corrected chi connectivity index (χ2v) is 25.6. The van der Waals surface area contributed by atoms with Crippen molar-refractivity contribution >= 4 is 134 Å². The van der Waals surface area contributed by atoms with Crippen LogP contribution in [0.3, 0.4) is 0 Å². The predicted molar refractivity (Wildman–Crippen MR) is 356 cm³/mol. The van der Waals surface area contributed by atoms with Crippen LogP contribution < -0.4 is 0 Å². The number of benzene rings is 8. The van der Waals surface area contributed by atoms with Crippen LogP contribution in [0.5, 0.6) is 0 Å². The predicted octanol–water partition coefficient (Wildman–Crippen LogP) is 14.5. The average Bonchev–Trinajstić information content (AvgIpc) is 1.51. The molecule has 4 aromatic heterocycles. The van der Waals surface area contributed by atoms with Gasteiger partial charge in [0.2, 0.25) is 0 Å². The number of aromatic nitrogens is 4. The van der Waals surface area contributed by atoms with Gasteiger partial charge < -0.3 is 47.1 Å². The molecule has 6 aliphatic rings. The SMILES string of the molecule is C[C-]1CC(=O)c2c1c1c3ccccc3n3c1c1c2c2ccccc2n1[C@H]1C[C@@H](N(C)C(=O)c2ccccc2)[C@@H](C)[C@]3(C)O1.C[C-]1CC(=O)c2c1c1c3ccccc3n3c1c1c2c2ccccc2n1[C@H]1C[C@@H](N(C)C(=O)c2ccccc2)[C@@H](C)[C@]3(C)O1.[B].[B][B].[Y].[Y]. The first kappa shape index (κ1) is 63.1. The molecule has 0 saturated carbocycles. The Hall–Kier alpha value is -6.70. The van der Waals surface area contributed by atoms with Gasteiger partial charge in [0.25, 0.3) is 11.8 Å². The average molecular weight is 1340 g/mol. The van der Waals surface area contributed by atoms with E-state index in [9.17, 15) is 19.2 Å². The summed E-state index contributed by atoms with van der Waals surface area (Å²) in [4.78, 5) is 59.2. The molecule has 12 nitrogen and oxygen atoms in total. The number of rotatable bonds is 4. The molecule has 2 amide bonds. The molecule has 4 bridgehead atoms. The maximum Gasteiger partial charge on any atom is 0.253 e. The van der Waals surface area contributed by atoms with Gasteiger partial charge in [0.15, 0.2) is 0 Å². The number of ketones is 2. The maximum absolute atomic E-state index is 13.9. The van der Waals surface area contributed by atoms with Crippen molar-refractivity contribution in [1.82, 2.24) is 28.1 Å². The molecule has 12 aromatic rings. The molecule has 8 atom stereocenters. The van der Waals surface area contributed by atoms with Crippen LogP contribution in [-0.4, -0.2) is 102 Å². The molecule has 18 rings (SSSR count). The van der Waals surface area contributed by atoms with E-state index in [2.05, 4.69) is 172 Å². The second kappa shape index (κ2) is 22.8. The number of nitrogens with zero attached hydrogens (tertiary/aromatic N) is 6. The summed E-state index contributed by atoms with van der Waals surface area (Å²) in [5.41, 5.74) is 12.4. The van der Waals surface area contributed by atoms with E-state index >= 15 is 0 Å². The number of carbonyl (C=O) groups excluding carboxylic acids is 4. The van der Waals surface area contributed by atoms with E-state index in [1.807, 2.05) is 84.6 Å². The van der Waals surface area contributed by atoms with Crippen LogP contribution in [0.2, 0.25) is 0 Å². The van der Waals surface area contributed by atoms with Gasteiger partial charge in [0.1, 0.15) is 35.5 Å². The van der Waals surface area contributed by atoms with Crippen LogP contribution in [0.1, 0.15) is 132 Å². The molecular formula is C74H64B3N6O6Y2-2. The molecule has 2 aliphatic carbocycles. The van der Waals surface area contributed by atoms with Crippen LogP contribution in [0.25, 0.3) is 87.2 Å². The van der Waals surface area contributed by atoms with Crippen LogP contribution in [0, 0.1) is 23.7 Å². The number of hydrogen-bond donors (Lipinski definition) is 0. The Morgan fingerprint density at radius 3 is 1.14 bits per heavy atom. The van der Waals surface area contributed by atoms with Crippen molar-refractivity contribution in [2.75, 3.05) is 14.1 Å². The minimum absolute atomic E-state index is 0. The summed E-state index contributed by atoms with van der Waals surface area (Å²) in [5.74, 6) is 2.57. The quantitative estimate of drug-likeness (QED) is 0.128. The van der Waals surface area contributed by atoms with E-state index in [4.69, 9.17) is 9.47 Å². The minimum atomic E-state index is -0.766. The Morgan fingerprint density at radius 1 is 0.484 bits per heavy atom. The Morgan fingerprint density at radius 2 is 0.791 bits per heavy atom. The monoisotopic (exact) mass is 1340 g/mol. The van der Waals surface area contributed by atoms with E-state index in [1.54, 1.807) is 0 Å². The molecule has 91 heavy (non-hydrogen) atoms. The summed E-state index contributed by atoms with van der Waals surface area (Å²) < 4.78 is 24.1. The van der Waals surface area contributed by atoms with Gasteiger partial charge in [-0.25, -0.2) is 0 Å². The summed E-state index contributed by atoms with van der Waals surface area (Å²) in [6, 6.07) is 52.8. The topological polar surface area (TPSA) is 113 Å². The normalized spacial score (nSPS) is 23.1. The van der Waals surface area contributed by atoms with Crippen molar-refractivity contribution in [1.29, 1.82) is 0 Å². The zero-order valence-electron chi connectivity index (χ0n) is 52.3. The van der Waals surface area contributed by atoms with E-state index < -0.39 is 11.4 Å². The molecule has 0 N–H and O–H groups in total. The number of fused-ring (bicyclic) bond motifs is 26. The Balaban J connectivity index is 0.000000157. The van der Waals surface area contributed by atoms with Gasteiger partial charge in [-0.05, 0) is 108 Å². The number of ether oxygens (including phenoxy) is 2.